The summed E-state index contributed by atoms with van der Waals surface area (Å²) in [6.45, 7) is 1.01. The van der Waals surface area contributed by atoms with E-state index in [4.69, 9.17) is 21.7 Å². The summed E-state index contributed by atoms with van der Waals surface area (Å²) in [5.41, 5.74) is 5.12. The first-order chi connectivity index (χ1) is 14.2. The van der Waals surface area contributed by atoms with Crippen molar-refractivity contribution in [3.8, 4) is 11.5 Å². The van der Waals surface area contributed by atoms with Crippen LogP contribution in [0.15, 0.2) is 53.6 Å². The lowest BCUT2D eigenvalue weighted by Crippen LogP contribution is -2.28. The Morgan fingerprint density at radius 1 is 0.966 bits per heavy atom. The highest BCUT2D eigenvalue weighted by Crippen LogP contribution is 2.33. The topological polar surface area (TPSA) is 54.9 Å². The van der Waals surface area contributed by atoms with E-state index in [1.54, 1.807) is 13.3 Å². The Bertz CT molecular complexity index is 785. The first-order valence-electron chi connectivity index (χ1n) is 10.2. The zero-order valence-corrected chi connectivity index (χ0v) is 17.7. The van der Waals surface area contributed by atoms with Crippen molar-refractivity contribution >= 4 is 23.5 Å². The van der Waals surface area contributed by atoms with Gasteiger partial charge in [0.25, 0.3) is 0 Å². The minimum Gasteiger partial charge on any atom is -0.490 e. The van der Waals surface area contributed by atoms with Crippen molar-refractivity contribution in [2.75, 3.05) is 20.3 Å². The fourth-order valence-corrected chi connectivity index (χ4v) is 3.52. The molecule has 0 atom stereocenters. The van der Waals surface area contributed by atoms with Crippen LogP contribution in [-0.2, 0) is 0 Å². The predicted octanol–water partition coefficient (Wildman–Crippen LogP) is 4.62. The maximum Gasteiger partial charge on any atom is 0.186 e. The molecule has 0 bridgehead atoms. The summed E-state index contributed by atoms with van der Waals surface area (Å²) in [5, 5.41) is 7.32. The number of hydrogen-bond acceptors (Lipinski definition) is 4. The van der Waals surface area contributed by atoms with Crippen molar-refractivity contribution in [2.24, 2.45) is 5.10 Å². The molecule has 6 heteroatoms. The van der Waals surface area contributed by atoms with E-state index >= 15 is 0 Å². The zero-order valence-electron chi connectivity index (χ0n) is 16.9. The zero-order chi connectivity index (χ0) is 20.3. The largest absolute Gasteiger partial charge is 0.490 e. The van der Waals surface area contributed by atoms with Gasteiger partial charge in [0.2, 0.25) is 0 Å². The molecule has 2 aromatic rings. The Labute approximate surface area is 178 Å². The van der Waals surface area contributed by atoms with Gasteiger partial charge in [0.15, 0.2) is 5.11 Å². The van der Waals surface area contributed by atoms with Crippen LogP contribution in [-0.4, -0.2) is 31.6 Å². The maximum absolute atomic E-state index is 5.81. The molecular weight excluding hydrogens is 382 g/mol. The van der Waals surface area contributed by atoms with Gasteiger partial charge in [0.05, 0.1) is 6.21 Å². The van der Waals surface area contributed by atoms with Crippen molar-refractivity contribution in [1.29, 1.82) is 0 Å². The smallest absolute Gasteiger partial charge is 0.186 e. The van der Waals surface area contributed by atoms with Crippen LogP contribution in [0.3, 0.4) is 0 Å². The van der Waals surface area contributed by atoms with Gasteiger partial charge in [-0.25, -0.2) is 0 Å². The Morgan fingerprint density at radius 3 is 2.14 bits per heavy atom. The van der Waals surface area contributed by atoms with Gasteiger partial charge in [-0.1, -0.05) is 31.4 Å². The number of ether oxygens (including phenoxy) is 2. The Hall–Kier alpha value is -2.60. The summed E-state index contributed by atoms with van der Waals surface area (Å²) in [4.78, 5) is 0. The molecule has 1 aliphatic carbocycles. The molecule has 0 radical (unpaired) electrons. The van der Waals surface area contributed by atoms with Crippen molar-refractivity contribution in [3.05, 3.63) is 59.7 Å². The molecule has 3 rings (SSSR count). The van der Waals surface area contributed by atoms with Gasteiger partial charge in [-0.3, -0.25) is 5.43 Å². The molecule has 0 spiro atoms. The van der Waals surface area contributed by atoms with E-state index in [2.05, 4.69) is 40.1 Å². The molecule has 0 amide bonds. The molecule has 0 aliphatic heterocycles. The third-order valence-corrected chi connectivity index (χ3v) is 5.36. The van der Waals surface area contributed by atoms with Crippen LogP contribution in [0.2, 0.25) is 0 Å². The van der Waals surface area contributed by atoms with Crippen molar-refractivity contribution < 1.29 is 9.47 Å². The summed E-state index contributed by atoms with van der Waals surface area (Å²) < 4.78 is 11.6. The van der Waals surface area contributed by atoms with E-state index in [0.29, 0.717) is 18.3 Å². The van der Waals surface area contributed by atoms with Gasteiger partial charge in [0, 0.05) is 7.05 Å². The van der Waals surface area contributed by atoms with Crippen LogP contribution in [0.4, 0.5) is 0 Å². The van der Waals surface area contributed by atoms with Crippen LogP contribution < -0.4 is 20.2 Å². The maximum atomic E-state index is 5.81. The molecule has 2 N–H and O–H groups in total. The minimum atomic E-state index is 0.477. The van der Waals surface area contributed by atoms with Crippen molar-refractivity contribution in [2.45, 2.75) is 38.0 Å². The first-order valence-corrected chi connectivity index (χ1v) is 10.6. The lowest BCUT2D eigenvalue weighted by atomic mass is 9.84. The number of rotatable bonds is 8. The van der Waals surface area contributed by atoms with Crippen molar-refractivity contribution in [1.82, 2.24) is 10.7 Å². The molecule has 2 aromatic carbocycles. The summed E-state index contributed by atoms with van der Waals surface area (Å²) in [6.07, 6.45) is 8.44. The van der Waals surface area contributed by atoms with E-state index in [0.717, 1.165) is 23.0 Å². The average Bonchev–Trinajstić information content (AvgIpc) is 2.78. The molecule has 5 nitrogen and oxygen atoms in total. The van der Waals surface area contributed by atoms with Crippen LogP contribution in [0.1, 0.15) is 49.1 Å². The standard InChI is InChI=1S/C23H29N3O2S/c1-24-23(29)26-25-17-18-7-11-21(12-8-18)27-15-16-28-22-13-9-20(10-14-22)19-5-3-2-4-6-19/h7-14,17,19H,2-6,15-16H2,1H3,(H2,24,26,29). The molecule has 0 saturated heterocycles. The van der Waals surface area contributed by atoms with E-state index in [1.165, 1.54) is 37.7 Å². The molecule has 0 aromatic heterocycles. The third kappa shape index (κ3) is 7.06. The minimum absolute atomic E-state index is 0.477. The number of thiocarbonyl (C=S) groups is 1. The molecule has 1 saturated carbocycles. The second-order valence-corrected chi connectivity index (χ2v) is 7.53. The van der Waals surface area contributed by atoms with Gasteiger partial charge in [-0.2, -0.15) is 5.10 Å². The van der Waals surface area contributed by atoms with Gasteiger partial charge in [-0.05, 0) is 78.5 Å². The van der Waals surface area contributed by atoms with Gasteiger partial charge < -0.3 is 14.8 Å². The highest BCUT2D eigenvalue weighted by molar-refractivity contribution is 7.80. The fourth-order valence-electron chi connectivity index (χ4n) is 3.46. The fraction of sp³-hybridized carbons (Fsp3) is 0.391. The number of benzene rings is 2. The number of hydrogen-bond donors (Lipinski definition) is 2. The van der Waals surface area contributed by atoms with E-state index in [9.17, 15) is 0 Å². The molecular formula is C23H29N3O2S. The van der Waals surface area contributed by atoms with Crippen LogP contribution in [0.5, 0.6) is 11.5 Å². The molecule has 29 heavy (non-hydrogen) atoms. The summed E-state index contributed by atoms with van der Waals surface area (Å²) in [6, 6.07) is 16.3. The summed E-state index contributed by atoms with van der Waals surface area (Å²) in [7, 11) is 1.74. The quantitative estimate of drug-likeness (QED) is 0.287. The van der Waals surface area contributed by atoms with Gasteiger partial charge in [0.1, 0.15) is 24.7 Å². The van der Waals surface area contributed by atoms with E-state index in [1.807, 2.05) is 24.3 Å². The molecule has 1 aliphatic rings. The lowest BCUT2D eigenvalue weighted by molar-refractivity contribution is 0.217. The van der Waals surface area contributed by atoms with Crippen LogP contribution in [0, 0.1) is 0 Å². The lowest BCUT2D eigenvalue weighted by Gasteiger charge is -2.22. The second-order valence-electron chi connectivity index (χ2n) is 7.12. The molecule has 1 fully saturated rings. The molecule has 154 valence electrons. The second kappa shape index (κ2) is 11.4. The Kier molecular flexibility index (Phi) is 8.31. The number of nitrogens with one attached hydrogen (secondary N) is 2. The molecule has 0 heterocycles. The Balaban J connectivity index is 1.37. The van der Waals surface area contributed by atoms with E-state index in [-0.39, 0.29) is 0 Å². The number of nitrogens with zero attached hydrogens (tertiary/aromatic N) is 1. The van der Waals surface area contributed by atoms with E-state index < -0.39 is 0 Å². The van der Waals surface area contributed by atoms with Crippen molar-refractivity contribution in [3.63, 3.8) is 0 Å². The summed E-state index contributed by atoms with van der Waals surface area (Å²) >= 11 is 4.95. The van der Waals surface area contributed by atoms with Gasteiger partial charge in [-0.15, -0.1) is 0 Å². The normalized spacial score (nSPS) is 14.5. The first kappa shape index (κ1) is 21.1. The highest BCUT2D eigenvalue weighted by Gasteiger charge is 2.15. The predicted molar refractivity (Wildman–Crippen MR) is 122 cm³/mol. The average molecular weight is 412 g/mol. The van der Waals surface area contributed by atoms with Crippen LogP contribution in [0.25, 0.3) is 0 Å². The highest BCUT2D eigenvalue weighted by atomic mass is 32.1. The number of hydrazone groups is 1. The SMILES string of the molecule is CNC(=S)NN=Cc1ccc(OCCOc2ccc(C3CCCCC3)cc2)cc1. The molecule has 0 unspecified atom stereocenters. The third-order valence-electron chi connectivity index (χ3n) is 5.06. The summed E-state index contributed by atoms with van der Waals surface area (Å²) in [5.74, 6) is 2.42. The van der Waals surface area contributed by atoms with Gasteiger partial charge >= 0.3 is 0 Å². The Morgan fingerprint density at radius 2 is 1.55 bits per heavy atom. The monoisotopic (exact) mass is 411 g/mol. The van der Waals surface area contributed by atoms with Crippen LogP contribution >= 0.6 is 12.2 Å².